The molecule has 1 aromatic carbocycles. The van der Waals surface area contributed by atoms with Gasteiger partial charge in [0, 0.05) is 18.2 Å². The van der Waals surface area contributed by atoms with Crippen molar-refractivity contribution in [2.24, 2.45) is 5.92 Å². The zero-order chi connectivity index (χ0) is 26.7. The molecule has 0 unspecified atom stereocenters. The van der Waals surface area contributed by atoms with Gasteiger partial charge in [0.15, 0.2) is 5.78 Å². The number of nitrogens with one attached hydrogen (secondary N) is 1. The van der Waals surface area contributed by atoms with Gasteiger partial charge in [-0.3, -0.25) is 14.4 Å². The fourth-order valence-corrected chi connectivity index (χ4v) is 5.94. The van der Waals surface area contributed by atoms with E-state index in [9.17, 15) is 14.4 Å². The first kappa shape index (κ1) is 27.7. The second-order valence-electron chi connectivity index (χ2n) is 11.0. The van der Waals surface area contributed by atoms with Crippen molar-refractivity contribution in [3.63, 3.8) is 0 Å². The van der Waals surface area contributed by atoms with Gasteiger partial charge in [-0.2, -0.15) is 0 Å². The Hall–Kier alpha value is -2.29. The number of hydrogen-bond acceptors (Lipinski definition) is 6. The zero-order valence-corrected chi connectivity index (χ0v) is 22.9. The number of carbonyl (C=O) groups excluding carboxylic acids is 3. The standard InChI is InChI=1S/C29H43N3O5/c1-6-19(5)25(29(35)32-16-24(36-7-2)27-26(32)23(33)17-37-27)30-28(34)22-10-8-20(9-11-22)21-12-14-31(15-13-21)18(3)4/h8-11,18-19,21,24-27H,6-7,12-17H2,1-5H3,(H,30,34)/t19-,24-,25-,26+,27+/m0/s1. The second kappa shape index (κ2) is 12.0. The average Bonchev–Trinajstić information content (AvgIpc) is 3.47. The molecule has 3 aliphatic heterocycles. The van der Waals surface area contributed by atoms with Gasteiger partial charge in [0.05, 0.1) is 6.54 Å². The van der Waals surface area contributed by atoms with Crippen molar-refractivity contribution in [3.8, 4) is 0 Å². The van der Waals surface area contributed by atoms with Gasteiger partial charge in [-0.05, 0) is 76.2 Å². The van der Waals surface area contributed by atoms with Gasteiger partial charge in [-0.1, -0.05) is 32.4 Å². The summed E-state index contributed by atoms with van der Waals surface area (Å²) in [4.78, 5) is 43.6. The molecule has 37 heavy (non-hydrogen) atoms. The molecule has 1 N–H and O–H groups in total. The van der Waals surface area contributed by atoms with Gasteiger partial charge in [0.2, 0.25) is 5.91 Å². The van der Waals surface area contributed by atoms with E-state index in [1.165, 1.54) is 5.56 Å². The molecule has 0 saturated carbocycles. The van der Waals surface area contributed by atoms with Crippen LogP contribution in [0, 0.1) is 5.92 Å². The van der Waals surface area contributed by atoms with Crippen LogP contribution in [-0.2, 0) is 19.1 Å². The molecule has 204 valence electrons. The van der Waals surface area contributed by atoms with Crippen LogP contribution in [0.1, 0.15) is 75.7 Å². The van der Waals surface area contributed by atoms with Crippen LogP contribution in [-0.4, -0.2) is 90.6 Å². The van der Waals surface area contributed by atoms with Crippen molar-refractivity contribution in [3.05, 3.63) is 35.4 Å². The highest BCUT2D eigenvalue weighted by Gasteiger charge is 2.54. The maximum absolute atomic E-state index is 13.7. The molecule has 8 nitrogen and oxygen atoms in total. The van der Waals surface area contributed by atoms with Crippen LogP contribution in [0.2, 0.25) is 0 Å². The molecule has 8 heteroatoms. The van der Waals surface area contributed by atoms with Gasteiger partial charge in [-0.15, -0.1) is 0 Å². The fraction of sp³-hybridized carbons (Fsp3) is 0.690. The number of benzene rings is 1. The van der Waals surface area contributed by atoms with Gasteiger partial charge < -0.3 is 24.6 Å². The lowest BCUT2D eigenvalue weighted by Crippen LogP contribution is -2.54. The molecule has 0 aromatic heterocycles. The van der Waals surface area contributed by atoms with Crippen LogP contribution < -0.4 is 5.32 Å². The molecular weight excluding hydrogens is 470 g/mol. The number of ether oxygens (including phenoxy) is 2. The van der Waals surface area contributed by atoms with E-state index in [-0.39, 0.29) is 36.2 Å². The third kappa shape index (κ3) is 5.91. The maximum Gasteiger partial charge on any atom is 0.251 e. The summed E-state index contributed by atoms with van der Waals surface area (Å²) in [6.07, 6.45) is 2.18. The number of amides is 2. The molecule has 4 rings (SSSR count). The van der Waals surface area contributed by atoms with Crippen LogP contribution in [0.3, 0.4) is 0 Å². The first-order chi connectivity index (χ1) is 17.7. The number of nitrogens with zero attached hydrogens (tertiary/aromatic N) is 2. The van der Waals surface area contributed by atoms with Crippen LogP contribution in [0.4, 0.5) is 0 Å². The van der Waals surface area contributed by atoms with E-state index >= 15 is 0 Å². The highest BCUT2D eigenvalue weighted by molar-refractivity contribution is 5.99. The third-order valence-electron chi connectivity index (χ3n) is 8.47. The highest BCUT2D eigenvalue weighted by atomic mass is 16.6. The normalized spacial score (nSPS) is 26.4. The summed E-state index contributed by atoms with van der Waals surface area (Å²) in [5.41, 5.74) is 1.80. The minimum absolute atomic E-state index is 0.00805. The van der Waals surface area contributed by atoms with E-state index in [4.69, 9.17) is 9.47 Å². The second-order valence-corrected chi connectivity index (χ2v) is 11.0. The predicted molar refractivity (Wildman–Crippen MR) is 141 cm³/mol. The van der Waals surface area contributed by atoms with Crippen molar-refractivity contribution >= 4 is 17.6 Å². The summed E-state index contributed by atoms with van der Waals surface area (Å²) in [6, 6.07) is 7.03. The predicted octanol–water partition coefficient (Wildman–Crippen LogP) is 3.00. The Morgan fingerprint density at radius 2 is 1.78 bits per heavy atom. The average molecular weight is 514 g/mol. The zero-order valence-electron chi connectivity index (χ0n) is 22.9. The number of likely N-dealkylation sites (tertiary alicyclic amines) is 2. The lowest BCUT2D eigenvalue weighted by atomic mass is 9.88. The number of Topliss-reactive ketones (excluding diaryl/α,β-unsaturated/α-hetero) is 1. The monoisotopic (exact) mass is 513 g/mol. The summed E-state index contributed by atoms with van der Waals surface area (Å²) in [7, 11) is 0. The van der Waals surface area contributed by atoms with E-state index in [1.807, 2.05) is 32.9 Å². The summed E-state index contributed by atoms with van der Waals surface area (Å²) < 4.78 is 11.5. The van der Waals surface area contributed by atoms with Crippen molar-refractivity contribution in [1.29, 1.82) is 0 Å². The molecule has 3 fully saturated rings. The van der Waals surface area contributed by atoms with Gasteiger partial charge in [-0.25, -0.2) is 0 Å². The number of ketones is 1. The van der Waals surface area contributed by atoms with E-state index in [1.54, 1.807) is 4.90 Å². The van der Waals surface area contributed by atoms with Gasteiger partial charge in [0.1, 0.15) is 30.9 Å². The third-order valence-corrected chi connectivity index (χ3v) is 8.47. The molecule has 5 atom stereocenters. The van der Waals surface area contributed by atoms with Gasteiger partial charge in [0.25, 0.3) is 5.91 Å². The first-order valence-corrected chi connectivity index (χ1v) is 14.0. The van der Waals surface area contributed by atoms with Gasteiger partial charge >= 0.3 is 0 Å². The quantitative estimate of drug-likeness (QED) is 0.546. The Bertz CT molecular complexity index is 957. The topological polar surface area (TPSA) is 88.2 Å². The highest BCUT2D eigenvalue weighted by Crippen LogP contribution is 2.31. The van der Waals surface area contributed by atoms with E-state index in [2.05, 4.69) is 36.2 Å². The Balaban J connectivity index is 1.43. The summed E-state index contributed by atoms with van der Waals surface area (Å²) in [6.45, 7) is 13.3. The summed E-state index contributed by atoms with van der Waals surface area (Å²) in [5.74, 6) is -0.208. The Kier molecular flexibility index (Phi) is 9.03. The molecule has 3 heterocycles. The van der Waals surface area contributed by atoms with Crippen molar-refractivity contribution in [2.75, 3.05) is 32.8 Å². The first-order valence-electron chi connectivity index (χ1n) is 14.0. The number of fused-ring (bicyclic) bond motifs is 1. The molecule has 1 aromatic rings. The van der Waals surface area contributed by atoms with E-state index < -0.39 is 18.2 Å². The molecule has 2 amide bonds. The van der Waals surface area contributed by atoms with E-state index in [0.717, 1.165) is 25.9 Å². The molecule has 0 spiro atoms. The van der Waals surface area contributed by atoms with Crippen LogP contribution in [0.25, 0.3) is 0 Å². The molecule has 3 aliphatic rings. The number of rotatable bonds is 9. The Morgan fingerprint density at radius 3 is 2.38 bits per heavy atom. The minimum atomic E-state index is -0.730. The molecular formula is C29H43N3O5. The summed E-state index contributed by atoms with van der Waals surface area (Å²) >= 11 is 0. The number of carbonyl (C=O) groups is 3. The lowest BCUT2D eigenvalue weighted by Gasteiger charge is -2.34. The molecule has 0 aliphatic carbocycles. The smallest absolute Gasteiger partial charge is 0.251 e. The van der Waals surface area contributed by atoms with E-state index in [0.29, 0.717) is 37.1 Å². The summed E-state index contributed by atoms with van der Waals surface area (Å²) in [5, 5.41) is 2.99. The molecule has 0 radical (unpaired) electrons. The minimum Gasteiger partial charge on any atom is -0.374 e. The molecule has 3 saturated heterocycles. The SMILES string of the molecule is CCO[C@H]1CN(C(=O)[C@@H](NC(=O)c2ccc(C3CCN(C(C)C)CC3)cc2)[C@@H](C)CC)[C@@H]2C(=O)CO[C@H]12. The van der Waals surface area contributed by atoms with Crippen LogP contribution in [0.5, 0.6) is 0 Å². The maximum atomic E-state index is 13.7. The van der Waals surface area contributed by atoms with Crippen LogP contribution in [0.15, 0.2) is 24.3 Å². The largest absolute Gasteiger partial charge is 0.374 e. The van der Waals surface area contributed by atoms with Crippen LogP contribution >= 0.6 is 0 Å². The van der Waals surface area contributed by atoms with Crippen molar-refractivity contribution < 1.29 is 23.9 Å². The number of piperidine rings is 1. The fourth-order valence-electron chi connectivity index (χ4n) is 5.94. The Morgan fingerprint density at radius 1 is 1.11 bits per heavy atom. The number of hydrogen-bond donors (Lipinski definition) is 1. The lowest BCUT2D eigenvalue weighted by molar-refractivity contribution is -0.139. The Labute approximate surface area is 221 Å². The van der Waals surface area contributed by atoms with Crippen molar-refractivity contribution in [1.82, 2.24) is 15.1 Å². The molecule has 0 bridgehead atoms. The van der Waals surface area contributed by atoms with Crippen molar-refractivity contribution in [2.45, 2.75) is 90.1 Å².